The van der Waals surface area contributed by atoms with Gasteiger partial charge in [-0.3, -0.25) is 9.36 Å². The SMILES string of the molecule is C=CC1C[C@]1(NC=O)P(=O)(OCC)OCC. The summed E-state index contributed by atoms with van der Waals surface area (Å²) in [5.74, 6) is -0.0540. The zero-order chi connectivity index (χ0) is 12.2. The predicted octanol–water partition coefficient (Wildman–Crippen LogP) is 1.90. The third kappa shape index (κ3) is 2.08. The molecule has 1 aliphatic carbocycles. The highest BCUT2D eigenvalue weighted by Gasteiger charge is 2.67. The quantitative estimate of drug-likeness (QED) is 0.404. The second-order valence-electron chi connectivity index (χ2n) is 3.57. The van der Waals surface area contributed by atoms with Gasteiger partial charge in [0.15, 0.2) is 0 Å². The van der Waals surface area contributed by atoms with Crippen molar-refractivity contribution in [1.82, 2.24) is 5.32 Å². The molecule has 0 aromatic heterocycles. The van der Waals surface area contributed by atoms with Gasteiger partial charge in [-0.05, 0) is 20.3 Å². The Kier molecular flexibility index (Phi) is 4.30. The summed E-state index contributed by atoms with van der Waals surface area (Å²) in [6.07, 6.45) is 2.75. The topological polar surface area (TPSA) is 64.6 Å². The van der Waals surface area contributed by atoms with Gasteiger partial charge in [-0.15, -0.1) is 6.58 Å². The van der Waals surface area contributed by atoms with Crippen molar-refractivity contribution in [2.24, 2.45) is 5.92 Å². The third-order valence-corrected chi connectivity index (χ3v) is 5.48. The van der Waals surface area contributed by atoms with Crippen molar-refractivity contribution in [2.45, 2.75) is 25.5 Å². The molecule has 0 radical (unpaired) electrons. The van der Waals surface area contributed by atoms with Crippen molar-refractivity contribution in [1.29, 1.82) is 0 Å². The molecule has 0 bridgehead atoms. The van der Waals surface area contributed by atoms with Crippen LogP contribution in [0.3, 0.4) is 0 Å². The van der Waals surface area contributed by atoms with E-state index in [4.69, 9.17) is 9.05 Å². The Bertz CT molecular complexity index is 310. The lowest BCUT2D eigenvalue weighted by Crippen LogP contribution is -2.33. The molecule has 0 aliphatic heterocycles. The van der Waals surface area contributed by atoms with Crippen LogP contribution < -0.4 is 5.32 Å². The van der Waals surface area contributed by atoms with E-state index in [1.807, 2.05) is 0 Å². The molecule has 5 nitrogen and oxygen atoms in total. The number of amides is 1. The number of nitrogens with one attached hydrogen (secondary N) is 1. The Morgan fingerprint density at radius 3 is 2.38 bits per heavy atom. The molecule has 1 fully saturated rings. The van der Waals surface area contributed by atoms with Crippen LogP contribution in [0.25, 0.3) is 0 Å². The first kappa shape index (κ1) is 13.4. The minimum Gasteiger partial charge on any atom is -0.342 e. The van der Waals surface area contributed by atoms with E-state index in [1.54, 1.807) is 19.9 Å². The fraction of sp³-hybridized carbons (Fsp3) is 0.700. The van der Waals surface area contributed by atoms with E-state index < -0.39 is 12.9 Å². The predicted molar refractivity (Wildman–Crippen MR) is 61.1 cm³/mol. The van der Waals surface area contributed by atoms with Gasteiger partial charge in [0.2, 0.25) is 6.41 Å². The molecule has 2 atom stereocenters. The van der Waals surface area contributed by atoms with Crippen LogP contribution in [0.1, 0.15) is 20.3 Å². The van der Waals surface area contributed by atoms with E-state index in [1.165, 1.54) is 0 Å². The Morgan fingerprint density at radius 1 is 1.50 bits per heavy atom. The van der Waals surface area contributed by atoms with E-state index in [2.05, 4.69) is 11.9 Å². The molecule has 0 heterocycles. The molecule has 16 heavy (non-hydrogen) atoms. The monoisotopic (exact) mass is 247 g/mol. The summed E-state index contributed by atoms with van der Waals surface area (Å²) in [6, 6.07) is 0. The average molecular weight is 247 g/mol. The van der Waals surface area contributed by atoms with Gasteiger partial charge in [0.25, 0.3) is 0 Å². The summed E-state index contributed by atoms with van der Waals surface area (Å²) >= 11 is 0. The molecule has 0 aromatic rings. The van der Waals surface area contributed by atoms with Crippen LogP contribution in [-0.4, -0.2) is 24.9 Å². The van der Waals surface area contributed by atoms with Gasteiger partial charge < -0.3 is 14.4 Å². The van der Waals surface area contributed by atoms with Crippen LogP contribution in [0.15, 0.2) is 12.7 Å². The fourth-order valence-corrected chi connectivity index (χ4v) is 4.18. The lowest BCUT2D eigenvalue weighted by molar-refractivity contribution is -0.110. The summed E-state index contributed by atoms with van der Waals surface area (Å²) in [4.78, 5) is 10.6. The van der Waals surface area contributed by atoms with Crippen LogP contribution in [0, 0.1) is 5.92 Å². The van der Waals surface area contributed by atoms with Crippen molar-refractivity contribution < 1.29 is 18.4 Å². The molecule has 1 amide bonds. The van der Waals surface area contributed by atoms with Gasteiger partial charge in [0, 0.05) is 5.92 Å². The van der Waals surface area contributed by atoms with Crippen LogP contribution >= 0.6 is 7.60 Å². The second kappa shape index (κ2) is 5.13. The van der Waals surface area contributed by atoms with Gasteiger partial charge in [-0.2, -0.15) is 0 Å². The van der Waals surface area contributed by atoms with Crippen molar-refractivity contribution in [2.75, 3.05) is 13.2 Å². The maximum absolute atomic E-state index is 12.5. The molecule has 1 saturated carbocycles. The zero-order valence-electron chi connectivity index (χ0n) is 9.64. The van der Waals surface area contributed by atoms with Crippen molar-refractivity contribution in [3.8, 4) is 0 Å². The number of carbonyl (C=O) groups excluding carboxylic acids is 1. The molecule has 6 heteroatoms. The number of hydrogen-bond donors (Lipinski definition) is 1. The number of rotatable bonds is 8. The normalized spacial score (nSPS) is 28.5. The molecule has 92 valence electrons. The summed E-state index contributed by atoms with van der Waals surface area (Å²) < 4.78 is 23.0. The maximum atomic E-state index is 12.5. The van der Waals surface area contributed by atoms with Crippen molar-refractivity contribution >= 4 is 14.0 Å². The second-order valence-corrected chi connectivity index (χ2v) is 5.88. The van der Waals surface area contributed by atoms with Gasteiger partial charge in [-0.25, -0.2) is 0 Å². The standard InChI is InChI=1S/C10H18NO4P/c1-4-9-7-10(9,11-8-12)16(13,14-5-2)15-6-3/h4,8-9H,1,5-7H2,2-3H3,(H,11,12)/t9?,10-/m0/s1. The highest BCUT2D eigenvalue weighted by molar-refractivity contribution is 7.56. The first-order valence-corrected chi connectivity index (χ1v) is 6.87. The third-order valence-electron chi connectivity index (χ3n) is 2.66. The van der Waals surface area contributed by atoms with E-state index in [-0.39, 0.29) is 19.1 Å². The molecule has 0 spiro atoms. The van der Waals surface area contributed by atoms with Crippen LogP contribution in [0.2, 0.25) is 0 Å². The summed E-state index contributed by atoms with van der Waals surface area (Å²) in [5, 5.41) is 1.68. The smallest absolute Gasteiger partial charge is 0.342 e. The van der Waals surface area contributed by atoms with Crippen LogP contribution in [-0.2, 0) is 18.4 Å². The molecule has 0 aromatic carbocycles. The molecule has 1 unspecified atom stereocenters. The van der Waals surface area contributed by atoms with Gasteiger partial charge in [0.05, 0.1) is 13.2 Å². The lowest BCUT2D eigenvalue weighted by Gasteiger charge is -2.26. The lowest BCUT2D eigenvalue weighted by atomic mass is 10.4. The summed E-state index contributed by atoms with van der Waals surface area (Å²) in [5.41, 5.74) is 0. The highest BCUT2D eigenvalue weighted by Crippen LogP contribution is 2.72. The van der Waals surface area contributed by atoms with Crippen molar-refractivity contribution in [3.05, 3.63) is 12.7 Å². The largest absolute Gasteiger partial charge is 0.356 e. The van der Waals surface area contributed by atoms with Gasteiger partial charge in [-0.1, -0.05) is 6.08 Å². The first-order chi connectivity index (χ1) is 7.60. The van der Waals surface area contributed by atoms with Crippen LogP contribution in [0.4, 0.5) is 0 Å². The zero-order valence-corrected chi connectivity index (χ0v) is 10.5. The molecule has 0 saturated heterocycles. The fourth-order valence-electron chi connectivity index (χ4n) is 1.82. The molecular formula is C10H18NO4P. The van der Waals surface area contributed by atoms with Crippen molar-refractivity contribution in [3.63, 3.8) is 0 Å². The average Bonchev–Trinajstić information content (AvgIpc) is 2.95. The first-order valence-electron chi connectivity index (χ1n) is 5.33. The summed E-state index contributed by atoms with van der Waals surface area (Å²) in [7, 11) is -3.31. The highest BCUT2D eigenvalue weighted by atomic mass is 31.2. The van der Waals surface area contributed by atoms with E-state index in [0.717, 1.165) is 0 Å². The van der Waals surface area contributed by atoms with Gasteiger partial charge >= 0.3 is 7.60 Å². The summed E-state index contributed by atoms with van der Waals surface area (Å²) in [6.45, 7) is 7.69. The maximum Gasteiger partial charge on any atom is 0.356 e. The van der Waals surface area contributed by atoms with E-state index >= 15 is 0 Å². The molecule has 1 aliphatic rings. The number of hydrogen-bond acceptors (Lipinski definition) is 4. The minimum atomic E-state index is -3.31. The minimum absolute atomic E-state index is 0.0540. The molecular weight excluding hydrogens is 229 g/mol. The van der Waals surface area contributed by atoms with Crippen LogP contribution in [0.5, 0.6) is 0 Å². The molecule has 1 rings (SSSR count). The Morgan fingerprint density at radius 2 is 2.06 bits per heavy atom. The van der Waals surface area contributed by atoms with Gasteiger partial charge in [0.1, 0.15) is 5.28 Å². The van der Waals surface area contributed by atoms with E-state index in [0.29, 0.717) is 12.8 Å². The Hall–Kier alpha value is -0.640. The Balaban J connectivity index is 2.94. The Labute approximate surface area is 95.7 Å². The number of carbonyl (C=O) groups is 1. The molecule has 1 N–H and O–H groups in total. The van der Waals surface area contributed by atoms with E-state index in [9.17, 15) is 9.36 Å².